The maximum Gasteiger partial charge on any atom is 0.262 e. The molecule has 0 atom stereocenters. The zero-order valence-electron chi connectivity index (χ0n) is 17.7. The molecule has 33 heavy (non-hydrogen) atoms. The lowest BCUT2D eigenvalue weighted by Gasteiger charge is -2.08. The van der Waals surface area contributed by atoms with Crippen LogP contribution in [0, 0.1) is 24.4 Å². The van der Waals surface area contributed by atoms with E-state index < -0.39 is 17.5 Å². The topological polar surface area (TPSA) is 56.2 Å². The standard InChI is InChI=1S/C25H20F3N3O2/c1-16-8-9-21(12-23(16)28)29-24(32)22-14-31(13-17-4-2-6-19(26)10-17)30-25(22)33-15-18-5-3-7-20(27)11-18/h2-12,14H,13,15H2,1H3,(H,29,32). The smallest absolute Gasteiger partial charge is 0.262 e. The second-order valence-corrected chi connectivity index (χ2v) is 7.51. The van der Waals surface area contributed by atoms with Crippen LogP contribution in [0.15, 0.2) is 72.9 Å². The summed E-state index contributed by atoms with van der Waals surface area (Å²) in [5.41, 5.74) is 2.03. The summed E-state index contributed by atoms with van der Waals surface area (Å²) in [5.74, 6) is -1.79. The van der Waals surface area contributed by atoms with Gasteiger partial charge in [-0.1, -0.05) is 30.3 Å². The molecule has 0 fully saturated rings. The van der Waals surface area contributed by atoms with Crippen molar-refractivity contribution in [3.05, 3.63) is 113 Å². The van der Waals surface area contributed by atoms with E-state index in [1.165, 1.54) is 41.2 Å². The fourth-order valence-electron chi connectivity index (χ4n) is 3.22. The Balaban J connectivity index is 1.59. The summed E-state index contributed by atoms with van der Waals surface area (Å²) in [6, 6.07) is 16.2. The first-order valence-corrected chi connectivity index (χ1v) is 10.1. The molecule has 1 heterocycles. The van der Waals surface area contributed by atoms with E-state index in [0.29, 0.717) is 16.7 Å². The number of rotatable bonds is 7. The molecule has 0 radical (unpaired) electrons. The zero-order valence-corrected chi connectivity index (χ0v) is 17.7. The van der Waals surface area contributed by atoms with Gasteiger partial charge in [0, 0.05) is 11.9 Å². The van der Waals surface area contributed by atoms with E-state index in [0.717, 1.165) is 0 Å². The number of anilines is 1. The first kappa shape index (κ1) is 22.1. The number of nitrogens with one attached hydrogen (secondary N) is 1. The highest BCUT2D eigenvalue weighted by atomic mass is 19.1. The predicted molar refractivity (Wildman–Crippen MR) is 118 cm³/mol. The van der Waals surface area contributed by atoms with Gasteiger partial charge in [-0.3, -0.25) is 9.48 Å². The molecule has 0 aliphatic rings. The highest BCUT2D eigenvalue weighted by Gasteiger charge is 2.19. The van der Waals surface area contributed by atoms with Gasteiger partial charge in [0.25, 0.3) is 5.91 Å². The third kappa shape index (κ3) is 5.60. The quantitative estimate of drug-likeness (QED) is 0.404. The number of hydrogen-bond acceptors (Lipinski definition) is 3. The number of aryl methyl sites for hydroxylation is 1. The number of ether oxygens (including phenoxy) is 1. The lowest BCUT2D eigenvalue weighted by atomic mass is 10.2. The molecular weight excluding hydrogens is 431 g/mol. The number of aromatic nitrogens is 2. The molecule has 5 nitrogen and oxygen atoms in total. The number of benzene rings is 3. The summed E-state index contributed by atoms with van der Waals surface area (Å²) in [5, 5.41) is 6.94. The Kier molecular flexibility index (Phi) is 6.44. The van der Waals surface area contributed by atoms with Crippen LogP contribution >= 0.6 is 0 Å². The van der Waals surface area contributed by atoms with Gasteiger partial charge in [-0.25, -0.2) is 13.2 Å². The van der Waals surface area contributed by atoms with Crippen LogP contribution < -0.4 is 10.1 Å². The minimum absolute atomic E-state index is 0.0146. The Bertz CT molecular complexity index is 1300. The van der Waals surface area contributed by atoms with E-state index in [9.17, 15) is 18.0 Å². The second kappa shape index (κ2) is 9.60. The molecule has 0 unspecified atom stereocenters. The van der Waals surface area contributed by atoms with Crippen LogP contribution in [0.4, 0.5) is 18.9 Å². The molecule has 1 amide bonds. The third-order valence-electron chi connectivity index (χ3n) is 4.90. The molecule has 0 saturated carbocycles. The Morgan fingerprint density at radius 2 is 1.67 bits per heavy atom. The first-order valence-electron chi connectivity index (χ1n) is 10.1. The maximum absolute atomic E-state index is 13.9. The summed E-state index contributed by atoms with van der Waals surface area (Å²) in [4.78, 5) is 12.9. The molecule has 0 bridgehead atoms. The zero-order chi connectivity index (χ0) is 23.4. The van der Waals surface area contributed by atoms with Crippen LogP contribution in [0.25, 0.3) is 0 Å². The molecule has 0 aliphatic heterocycles. The van der Waals surface area contributed by atoms with Crippen molar-refractivity contribution in [3.8, 4) is 5.88 Å². The fraction of sp³-hybridized carbons (Fsp3) is 0.120. The second-order valence-electron chi connectivity index (χ2n) is 7.51. The van der Waals surface area contributed by atoms with Crippen molar-refractivity contribution in [1.82, 2.24) is 9.78 Å². The number of hydrogen-bond donors (Lipinski definition) is 1. The number of carbonyl (C=O) groups is 1. The van der Waals surface area contributed by atoms with Gasteiger partial charge in [0.1, 0.15) is 29.6 Å². The van der Waals surface area contributed by atoms with Gasteiger partial charge in [0.2, 0.25) is 5.88 Å². The van der Waals surface area contributed by atoms with Crippen molar-refractivity contribution in [1.29, 1.82) is 0 Å². The fourth-order valence-corrected chi connectivity index (χ4v) is 3.22. The summed E-state index contributed by atoms with van der Waals surface area (Å²) < 4.78 is 48.1. The van der Waals surface area contributed by atoms with Crippen LogP contribution in [0.3, 0.4) is 0 Å². The predicted octanol–water partition coefficient (Wildman–Crippen LogP) is 5.49. The van der Waals surface area contributed by atoms with Crippen molar-refractivity contribution < 1.29 is 22.7 Å². The monoisotopic (exact) mass is 451 g/mol. The van der Waals surface area contributed by atoms with Crippen molar-refractivity contribution in [2.75, 3.05) is 5.32 Å². The van der Waals surface area contributed by atoms with E-state index in [4.69, 9.17) is 4.74 Å². The van der Waals surface area contributed by atoms with E-state index >= 15 is 0 Å². The normalized spacial score (nSPS) is 10.8. The maximum atomic E-state index is 13.9. The van der Waals surface area contributed by atoms with Crippen molar-refractivity contribution in [2.45, 2.75) is 20.1 Å². The summed E-state index contributed by atoms with van der Waals surface area (Å²) in [7, 11) is 0. The Morgan fingerprint density at radius 1 is 0.970 bits per heavy atom. The van der Waals surface area contributed by atoms with Crippen LogP contribution in [-0.2, 0) is 13.2 Å². The Morgan fingerprint density at radius 3 is 2.36 bits per heavy atom. The Hall–Kier alpha value is -4.07. The van der Waals surface area contributed by atoms with E-state index in [2.05, 4.69) is 10.4 Å². The molecule has 4 aromatic rings. The highest BCUT2D eigenvalue weighted by Crippen LogP contribution is 2.22. The molecule has 0 aliphatic carbocycles. The van der Waals surface area contributed by atoms with Gasteiger partial charge < -0.3 is 10.1 Å². The van der Waals surface area contributed by atoms with Gasteiger partial charge >= 0.3 is 0 Å². The molecule has 8 heteroatoms. The largest absolute Gasteiger partial charge is 0.471 e. The minimum Gasteiger partial charge on any atom is -0.471 e. The molecule has 0 saturated heterocycles. The highest BCUT2D eigenvalue weighted by molar-refractivity contribution is 6.05. The van der Waals surface area contributed by atoms with Crippen molar-refractivity contribution in [3.63, 3.8) is 0 Å². The summed E-state index contributed by atoms with van der Waals surface area (Å²) in [6.45, 7) is 1.80. The molecular formula is C25H20F3N3O2. The van der Waals surface area contributed by atoms with Gasteiger partial charge in [0.15, 0.2) is 0 Å². The van der Waals surface area contributed by atoms with Crippen LogP contribution in [0.2, 0.25) is 0 Å². The Labute approximate surface area is 188 Å². The lowest BCUT2D eigenvalue weighted by Crippen LogP contribution is -2.13. The van der Waals surface area contributed by atoms with Crippen LogP contribution in [-0.4, -0.2) is 15.7 Å². The molecule has 0 spiro atoms. The molecule has 1 aromatic heterocycles. The van der Waals surface area contributed by atoms with Gasteiger partial charge in [0.05, 0.1) is 6.54 Å². The minimum atomic E-state index is -0.557. The average Bonchev–Trinajstić information content (AvgIpc) is 3.18. The average molecular weight is 451 g/mol. The first-order chi connectivity index (χ1) is 15.9. The SMILES string of the molecule is Cc1ccc(NC(=O)c2cn(Cc3cccc(F)c3)nc2OCc2cccc(F)c2)cc1F. The lowest BCUT2D eigenvalue weighted by molar-refractivity contribution is 0.102. The molecule has 1 N–H and O–H groups in total. The number of amides is 1. The van der Waals surface area contributed by atoms with Gasteiger partial charge in [-0.2, -0.15) is 0 Å². The molecule has 3 aromatic carbocycles. The van der Waals surface area contributed by atoms with E-state index in [1.54, 1.807) is 43.3 Å². The van der Waals surface area contributed by atoms with Crippen LogP contribution in [0.5, 0.6) is 5.88 Å². The number of halogens is 3. The van der Waals surface area contributed by atoms with Crippen molar-refractivity contribution in [2.24, 2.45) is 0 Å². The van der Waals surface area contributed by atoms with Gasteiger partial charge in [-0.15, -0.1) is 5.10 Å². The number of carbonyl (C=O) groups excluding carboxylic acids is 1. The van der Waals surface area contributed by atoms with Crippen LogP contribution in [0.1, 0.15) is 27.0 Å². The van der Waals surface area contributed by atoms with E-state index in [-0.39, 0.29) is 36.1 Å². The molecule has 4 rings (SSSR count). The number of nitrogens with zero attached hydrogens (tertiary/aromatic N) is 2. The van der Waals surface area contributed by atoms with E-state index in [1.807, 2.05) is 0 Å². The molecule has 168 valence electrons. The van der Waals surface area contributed by atoms with Crippen molar-refractivity contribution >= 4 is 11.6 Å². The summed E-state index contributed by atoms with van der Waals surface area (Å²) >= 11 is 0. The van der Waals surface area contributed by atoms with Gasteiger partial charge in [-0.05, 0) is 60.0 Å². The third-order valence-corrected chi connectivity index (χ3v) is 4.90. The summed E-state index contributed by atoms with van der Waals surface area (Å²) in [6.07, 6.45) is 1.46.